The van der Waals surface area contributed by atoms with Crippen molar-refractivity contribution in [2.45, 2.75) is 75.5 Å². The molecular formula is C120H84O3. The molecule has 0 saturated carbocycles. The Kier molecular flexibility index (Phi) is 15.5. The van der Waals surface area contributed by atoms with Crippen LogP contribution in [0.15, 0.2) is 395 Å². The molecule has 3 spiro atoms. The van der Waals surface area contributed by atoms with Crippen LogP contribution in [0.5, 0.6) is 0 Å². The summed E-state index contributed by atoms with van der Waals surface area (Å²) in [6, 6.07) is 142. The molecule has 3 heterocycles. The van der Waals surface area contributed by atoms with E-state index in [9.17, 15) is 0 Å². The lowest BCUT2D eigenvalue weighted by molar-refractivity contribution is 0.668. The van der Waals surface area contributed by atoms with E-state index in [0.29, 0.717) is 17.8 Å². The van der Waals surface area contributed by atoms with E-state index in [1.54, 1.807) is 0 Å². The SMILES string of the molecule is CC(C)c1ccc2c(c1)C1(c3ccccc3-c3ccccc31)c1cc(-c3ccc4c(c3)oc3ccccc34)ccc1-2.CC(C)c1ccc2c(c1)C1(c3ccccc3-c3ccccc31)c1cc(-c3ccc4oc5ccccc5c4c3)ccc1-2.CC(C)c1ccc2c(c1)C1(c3ccccc3-c3ccccc31)c1cc(-c3cccc4c3oc3ccccc34)ccc1-2. The molecule has 6 aliphatic rings. The molecule has 3 nitrogen and oxygen atoms in total. The van der Waals surface area contributed by atoms with Gasteiger partial charge in [-0.25, -0.2) is 0 Å². The number of hydrogen-bond acceptors (Lipinski definition) is 3. The Balaban J connectivity index is 0.000000101. The number of benzene rings is 18. The highest BCUT2D eigenvalue weighted by Gasteiger charge is 2.55. The van der Waals surface area contributed by atoms with Gasteiger partial charge in [0.25, 0.3) is 0 Å². The molecule has 6 aliphatic carbocycles. The maximum Gasteiger partial charge on any atom is 0.143 e. The van der Waals surface area contributed by atoms with Gasteiger partial charge >= 0.3 is 0 Å². The molecule has 0 N–H and O–H groups in total. The van der Waals surface area contributed by atoms with Crippen LogP contribution in [0.25, 0.3) is 166 Å². The van der Waals surface area contributed by atoms with Crippen molar-refractivity contribution in [1.82, 2.24) is 0 Å². The first kappa shape index (κ1) is 71.3. The summed E-state index contributed by atoms with van der Waals surface area (Å²) >= 11 is 0. The quantitative estimate of drug-likeness (QED) is 0.167. The first-order valence-corrected chi connectivity index (χ1v) is 43.6. The van der Waals surface area contributed by atoms with Crippen LogP contribution in [0.2, 0.25) is 0 Å². The van der Waals surface area contributed by atoms with Crippen LogP contribution >= 0.6 is 0 Å². The largest absolute Gasteiger partial charge is 0.456 e. The Morgan fingerprint density at radius 3 is 0.837 bits per heavy atom. The lowest BCUT2D eigenvalue weighted by Crippen LogP contribution is -2.26. The number of rotatable bonds is 6. The van der Waals surface area contributed by atoms with Gasteiger partial charge in [0, 0.05) is 37.9 Å². The van der Waals surface area contributed by atoms with Crippen molar-refractivity contribution < 1.29 is 13.3 Å². The van der Waals surface area contributed by atoms with Crippen molar-refractivity contribution in [3.8, 4) is 100 Å². The van der Waals surface area contributed by atoms with Gasteiger partial charge in [0.15, 0.2) is 0 Å². The lowest BCUT2D eigenvalue weighted by Gasteiger charge is -2.31. The molecule has 0 fully saturated rings. The minimum Gasteiger partial charge on any atom is -0.456 e. The highest BCUT2D eigenvalue weighted by atomic mass is 16.3. The van der Waals surface area contributed by atoms with Crippen molar-refractivity contribution >= 4 is 65.8 Å². The van der Waals surface area contributed by atoms with Crippen molar-refractivity contribution in [3.05, 3.63) is 466 Å². The van der Waals surface area contributed by atoms with Gasteiger partial charge in [-0.05, 0) is 256 Å². The van der Waals surface area contributed by atoms with Gasteiger partial charge in [0.05, 0.1) is 16.2 Å². The summed E-state index contributed by atoms with van der Waals surface area (Å²) in [5.74, 6) is 1.37. The predicted octanol–water partition coefficient (Wildman–Crippen LogP) is 32.2. The number of hydrogen-bond donors (Lipinski definition) is 0. The summed E-state index contributed by atoms with van der Waals surface area (Å²) in [6.45, 7) is 13.7. The van der Waals surface area contributed by atoms with Gasteiger partial charge in [-0.2, -0.15) is 0 Å². The summed E-state index contributed by atoms with van der Waals surface area (Å²) in [6.07, 6.45) is 0. The zero-order valence-corrected chi connectivity index (χ0v) is 69.3. The Morgan fingerprint density at radius 2 is 0.423 bits per heavy atom. The fraction of sp³-hybridized carbons (Fsp3) is 0.100. The highest BCUT2D eigenvalue weighted by Crippen LogP contribution is 2.68. The molecule has 21 aromatic rings. The molecule has 18 aromatic carbocycles. The van der Waals surface area contributed by atoms with Gasteiger partial charge in [0.2, 0.25) is 0 Å². The lowest BCUT2D eigenvalue weighted by atomic mass is 9.70. The van der Waals surface area contributed by atoms with Crippen molar-refractivity contribution in [3.63, 3.8) is 0 Å². The van der Waals surface area contributed by atoms with Crippen LogP contribution in [0, 0.1) is 0 Å². The Morgan fingerprint density at radius 1 is 0.163 bits per heavy atom. The Hall–Kier alpha value is -14.6. The fourth-order valence-corrected chi connectivity index (χ4v) is 22.9. The number of para-hydroxylation sites is 4. The summed E-state index contributed by atoms with van der Waals surface area (Å²) in [5.41, 5.74) is 48.5. The summed E-state index contributed by atoms with van der Waals surface area (Å²) < 4.78 is 18.9. The zero-order chi connectivity index (χ0) is 81.9. The maximum absolute atomic E-state index is 6.49. The molecule has 0 unspecified atom stereocenters. The second-order valence-electron chi connectivity index (χ2n) is 35.6. The van der Waals surface area contributed by atoms with Gasteiger partial charge in [-0.3, -0.25) is 0 Å². The van der Waals surface area contributed by atoms with Crippen molar-refractivity contribution in [2.75, 3.05) is 0 Å². The number of furan rings is 3. The molecule has 0 aliphatic heterocycles. The average molecular weight is 1570 g/mol. The highest BCUT2D eigenvalue weighted by molar-refractivity contribution is 6.12. The van der Waals surface area contributed by atoms with E-state index in [1.165, 1.54) is 178 Å². The van der Waals surface area contributed by atoms with Crippen LogP contribution in [0.3, 0.4) is 0 Å². The molecule has 0 radical (unpaired) electrons. The third kappa shape index (κ3) is 9.93. The molecule has 582 valence electrons. The van der Waals surface area contributed by atoms with E-state index >= 15 is 0 Å². The molecule has 0 bridgehead atoms. The predicted molar refractivity (Wildman–Crippen MR) is 509 cm³/mol. The Labute approximate surface area is 715 Å². The molecule has 3 heteroatoms. The van der Waals surface area contributed by atoms with E-state index in [0.717, 1.165) is 71.4 Å². The third-order valence-corrected chi connectivity index (χ3v) is 28.5. The van der Waals surface area contributed by atoms with E-state index in [1.807, 2.05) is 30.3 Å². The molecule has 0 amide bonds. The number of fused-ring (bicyclic) bond motifs is 39. The van der Waals surface area contributed by atoms with E-state index < -0.39 is 0 Å². The minimum absolute atomic E-state index is 0.342. The second-order valence-corrected chi connectivity index (χ2v) is 35.6. The topological polar surface area (TPSA) is 39.4 Å². The normalized spacial score (nSPS) is 14.0. The first-order chi connectivity index (χ1) is 60.4. The van der Waals surface area contributed by atoms with Crippen LogP contribution in [0.4, 0.5) is 0 Å². The molecule has 123 heavy (non-hydrogen) atoms. The van der Waals surface area contributed by atoms with Crippen LogP contribution in [0.1, 0.15) is 143 Å². The Bertz CT molecular complexity index is 7920. The average Bonchev–Trinajstić information content (AvgIpc) is 1.52. The molecule has 3 aromatic heterocycles. The van der Waals surface area contributed by atoms with Crippen LogP contribution < -0.4 is 0 Å². The minimum atomic E-state index is -0.361. The van der Waals surface area contributed by atoms with Gasteiger partial charge in [0.1, 0.15) is 33.5 Å². The molecule has 0 saturated heterocycles. The smallest absolute Gasteiger partial charge is 0.143 e. The van der Waals surface area contributed by atoms with Crippen LogP contribution in [-0.4, -0.2) is 0 Å². The van der Waals surface area contributed by atoms with Gasteiger partial charge < -0.3 is 13.3 Å². The van der Waals surface area contributed by atoms with E-state index in [2.05, 4.69) is 393 Å². The zero-order valence-electron chi connectivity index (χ0n) is 69.3. The van der Waals surface area contributed by atoms with Crippen molar-refractivity contribution in [1.29, 1.82) is 0 Å². The molecular weight excluding hydrogens is 1490 g/mol. The fourth-order valence-electron chi connectivity index (χ4n) is 22.9. The molecule has 0 atom stereocenters. The van der Waals surface area contributed by atoms with Crippen molar-refractivity contribution in [2.24, 2.45) is 0 Å². The van der Waals surface area contributed by atoms with Gasteiger partial charge in [-0.15, -0.1) is 0 Å². The summed E-state index contributed by atoms with van der Waals surface area (Å²) in [4.78, 5) is 0. The van der Waals surface area contributed by atoms with E-state index in [-0.39, 0.29) is 16.2 Å². The maximum atomic E-state index is 6.49. The third-order valence-electron chi connectivity index (χ3n) is 28.5. The monoisotopic (exact) mass is 1570 g/mol. The summed E-state index contributed by atoms with van der Waals surface area (Å²) in [5, 5.41) is 6.97. The second kappa shape index (κ2) is 26.7. The van der Waals surface area contributed by atoms with Crippen LogP contribution in [-0.2, 0) is 16.2 Å². The molecule has 27 rings (SSSR count). The van der Waals surface area contributed by atoms with E-state index in [4.69, 9.17) is 13.3 Å². The van der Waals surface area contributed by atoms with Gasteiger partial charge in [-0.1, -0.05) is 363 Å². The first-order valence-electron chi connectivity index (χ1n) is 43.6. The summed E-state index contributed by atoms with van der Waals surface area (Å²) in [7, 11) is 0. The standard InChI is InChI=1S/3C40H28O/c1-24(2)25-18-20-30-31-21-19-26(27-13-9-14-33-32-12-5-8-17-38(32)41-39(27)33)23-37(31)40(36(30)22-25)34-15-6-3-10-28(34)29-11-4-7-16-35(29)40;1-24(2)25-15-18-30-31-19-16-27(26-17-20-39-33(21-26)32-11-5-8-14-38(32)41-39)23-37(31)40(36(30)22-25)34-12-6-3-9-28(34)29-10-4-7-13-35(29)40;1-24(2)25-15-18-30-31-19-16-26(27-17-20-33-32-11-5-8-14-38(32)41-39(33)23-27)22-37(31)40(36(30)21-25)34-12-6-3-9-28(34)29-10-4-7-13-35(29)40/h3*3-24H,1-2H3.